The van der Waals surface area contributed by atoms with Crippen molar-refractivity contribution in [3.8, 4) is 0 Å². The summed E-state index contributed by atoms with van der Waals surface area (Å²) in [6, 6.07) is 18.2. The highest BCUT2D eigenvalue weighted by molar-refractivity contribution is 5.30. The van der Waals surface area contributed by atoms with E-state index in [2.05, 4.69) is 36.1 Å². The molecule has 0 amide bonds. The largest absolute Gasteiger partial charge is 0.392 e. The summed E-state index contributed by atoms with van der Waals surface area (Å²) in [6.45, 7) is 5.15. The molecule has 1 aliphatic rings. The summed E-state index contributed by atoms with van der Waals surface area (Å²) in [4.78, 5) is 2.42. The van der Waals surface area contributed by atoms with Crippen LogP contribution in [0.15, 0.2) is 54.6 Å². The Morgan fingerprint density at radius 2 is 1.65 bits per heavy atom. The molecule has 1 aliphatic carbocycles. The van der Waals surface area contributed by atoms with Gasteiger partial charge < -0.3 is 0 Å². The maximum absolute atomic E-state index is 12.7. The molecule has 2 unspecified atom stereocenters. The summed E-state index contributed by atoms with van der Waals surface area (Å²) < 4.78 is 38.0. The van der Waals surface area contributed by atoms with E-state index in [-0.39, 0.29) is 12.3 Å². The van der Waals surface area contributed by atoms with Gasteiger partial charge in [0.05, 0.1) is 5.92 Å². The van der Waals surface area contributed by atoms with Crippen LogP contribution in [0.4, 0.5) is 13.2 Å². The molecule has 140 valence electrons. The van der Waals surface area contributed by atoms with Crippen molar-refractivity contribution in [2.24, 2.45) is 5.92 Å². The standard InChI is InChI=1S/C22H26F3N/c1-2-26(16-18-7-4-3-5-8-18)14-6-9-17-10-12-19(13-11-17)20-15-21(20)22(23,24)25/h3-5,7-8,10-13,20-21H,2,6,9,14-16H2,1H3. The van der Waals surface area contributed by atoms with Crippen LogP contribution in [0, 0.1) is 5.92 Å². The van der Waals surface area contributed by atoms with Crippen LogP contribution in [0.25, 0.3) is 0 Å². The van der Waals surface area contributed by atoms with Crippen LogP contribution in [0.5, 0.6) is 0 Å². The molecule has 2 atom stereocenters. The maximum Gasteiger partial charge on any atom is 0.392 e. The van der Waals surface area contributed by atoms with Gasteiger partial charge in [-0.15, -0.1) is 0 Å². The molecule has 0 spiro atoms. The topological polar surface area (TPSA) is 3.24 Å². The first-order chi connectivity index (χ1) is 12.5. The first-order valence-corrected chi connectivity index (χ1v) is 9.39. The summed E-state index contributed by atoms with van der Waals surface area (Å²) in [5.41, 5.74) is 3.35. The summed E-state index contributed by atoms with van der Waals surface area (Å²) in [5.74, 6) is -1.46. The Bertz CT molecular complexity index is 679. The number of benzene rings is 2. The number of halogens is 3. The van der Waals surface area contributed by atoms with Crippen molar-refractivity contribution in [2.75, 3.05) is 13.1 Å². The molecule has 1 nitrogen and oxygen atoms in total. The van der Waals surface area contributed by atoms with Crippen LogP contribution in [-0.2, 0) is 13.0 Å². The minimum absolute atomic E-state index is 0.244. The first-order valence-electron chi connectivity index (χ1n) is 9.39. The zero-order chi connectivity index (χ0) is 18.6. The van der Waals surface area contributed by atoms with Crippen molar-refractivity contribution in [1.29, 1.82) is 0 Å². The van der Waals surface area contributed by atoms with Crippen molar-refractivity contribution < 1.29 is 13.2 Å². The lowest BCUT2D eigenvalue weighted by molar-refractivity contribution is -0.148. The van der Waals surface area contributed by atoms with E-state index < -0.39 is 12.1 Å². The van der Waals surface area contributed by atoms with Crippen LogP contribution >= 0.6 is 0 Å². The fourth-order valence-electron chi connectivity index (χ4n) is 3.55. The summed E-state index contributed by atoms with van der Waals surface area (Å²) >= 11 is 0. The predicted molar refractivity (Wildman–Crippen MR) is 99.1 cm³/mol. The van der Waals surface area contributed by atoms with Crippen LogP contribution in [0.2, 0.25) is 0 Å². The van der Waals surface area contributed by atoms with E-state index in [9.17, 15) is 13.2 Å². The Kier molecular flexibility index (Phi) is 6.02. The predicted octanol–water partition coefficient (Wildman–Crippen LogP) is 5.81. The van der Waals surface area contributed by atoms with Crippen molar-refractivity contribution in [3.05, 3.63) is 71.3 Å². The molecule has 0 saturated heterocycles. The molecule has 0 heterocycles. The van der Waals surface area contributed by atoms with Crippen molar-refractivity contribution >= 4 is 0 Å². The molecule has 0 aliphatic heterocycles. The number of rotatable bonds is 8. The molecule has 1 saturated carbocycles. The number of hydrogen-bond donors (Lipinski definition) is 0. The molecule has 0 aromatic heterocycles. The van der Waals surface area contributed by atoms with E-state index in [0.29, 0.717) is 0 Å². The molecule has 26 heavy (non-hydrogen) atoms. The third kappa shape index (κ3) is 5.10. The Hall–Kier alpha value is -1.81. The Labute approximate surface area is 153 Å². The van der Waals surface area contributed by atoms with Crippen LogP contribution in [0.1, 0.15) is 42.4 Å². The molecule has 4 heteroatoms. The van der Waals surface area contributed by atoms with Gasteiger partial charge in [0.15, 0.2) is 0 Å². The number of aryl methyl sites for hydroxylation is 1. The normalized spacial score (nSPS) is 19.7. The third-order valence-electron chi connectivity index (χ3n) is 5.25. The summed E-state index contributed by atoms with van der Waals surface area (Å²) in [6.07, 6.45) is -1.80. The fraction of sp³-hybridized carbons (Fsp3) is 0.455. The van der Waals surface area contributed by atoms with Crippen LogP contribution in [-0.4, -0.2) is 24.2 Å². The Balaban J connectivity index is 1.45. The van der Waals surface area contributed by atoms with E-state index in [1.807, 2.05) is 30.3 Å². The van der Waals surface area contributed by atoms with Gasteiger partial charge in [0.25, 0.3) is 0 Å². The second-order valence-electron chi connectivity index (χ2n) is 7.19. The smallest absolute Gasteiger partial charge is 0.299 e. The van der Waals surface area contributed by atoms with E-state index in [1.54, 1.807) is 0 Å². The minimum Gasteiger partial charge on any atom is -0.299 e. The molecule has 3 rings (SSSR count). The lowest BCUT2D eigenvalue weighted by atomic mass is 10.0. The van der Waals surface area contributed by atoms with Gasteiger partial charge in [-0.1, -0.05) is 61.5 Å². The van der Waals surface area contributed by atoms with Gasteiger partial charge in [-0.3, -0.25) is 4.90 Å². The van der Waals surface area contributed by atoms with Crippen molar-refractivity contribution in [3.63, 3.8) is 0 Å². The van der Waals surface area contributed by atoms with E-state index in [0.717, 1.165) is 38.0 Å². The molecule has 2 aromatic rings. The van der Waals surface area contributed by atoms with Gasteiger partial charge in [0.2, 0.25) is 0 Å². The summed E-state index contributed by atoms with van der Waals surface area (Å²) in [7, 11) is 0. The molecule has 0 bridgehead atoms. The number of hydrogen-bond acceptors (Lipinski definition) is 1. The first kappa shape index (κ1) is 19.0. The highest BCUT2D eigenvalue weighted by Crippen LogP contribution is 2.56. The van der Waals surface area contributed by atoms with Gasteiger partial charge >= 0.3 is 6.18 Å². The lowest BCUT2D eigenvalue weighted by Crippen LogP contribution is -2.24. The van der Waals surface area contributed by atoms with Gasteiger partial charge in [-0.25, -0.2) is 0 Å². The molecule has 2 aromatic carbocycles. The van der Waals surface area contributed by atoms with Gasteiger partial charge in [0, 0.05) is 6.54 Å². The van der Waals surface area contributed by atoms with E-state index >= 15 is 0 Å². The highest BCUT2D eigenvalue weighted by Gasteiger charge is 2.55. The molecular weight excluding hydrogens is 335 g/mol. The Morgan fingerprint density at radius 1 is 0.962 bits per heavy atom. The van der Waals surface area contributed by atoms with Crippen molar-refractivity contribution in [1.82, 2.24) is 4.90 Å². The van der Waals surface area contributed by atoms with Crippen LogP contribution in [0.3, 0.4) is 0 Å². The third-order valence-corrected chi connectivity index (χ3v) is 5.25. The summed E-state index contributed by atoms with van der Waals surface area (Å²) in [5, 5.41) is 0. The highest BCUT2D eigenvalue weighted by atomic mass is 19.4. The second kappa shape index (κ2) is 8.26. The van der Waals surface area contributed by atoms with E-state index in [1.165, 1.54) is 11.1 Å². The minimum atomic E-state index is -4.05. The molecule has 0 radical (unpaired) electrons. The fourth-order valence-corrected chi connectivity index (χ4v) is 3.55. The second-order valence-corrected chi connectivity index (χ2v) is 7.19. The molecular formula is C22H26F3N. The monoisotopic (exact) mass is 361 g/mol. The van der Waals surface area contributed by atoms with Gasteiger partial charge in [-0.05, 0) is 55.0 Å². The lowest BCUT2D eigenvalue weighted by Gasteiger charge is -2.20. The van der Waals surface area contributed by atoms with Gasteiger partial charge in [0.1, 0.15) is 0 Å². The quantitative estimate of drug-likeness (QED) is 0.574. The van der Waals surface area contributed by atoms with E-state index in [4.69, 9.17) is 0 Å². The number of nitrogens with zero attached hydrogens (tertiary/aromatic N) is 1. The maximum atomic E-state index is 12.7. The molecule has 1 fully saturated rings. The SMILES string of the molecule is CCN(CCCc1ccc(C2CC2C(F)(F)F)cc1)Cc1ccccc1. The zero-order valence-electron chi connectivity index (χ0n) is 15.2. The molecule has 0 N–H and O–H groups in total. The van der Waals surface area contributed by atoms with Crippen LogP contribution < -0.4 is 0 Å². The van der Waals surface area contributed by atoms with Gasteiger partial charge in [-0.2, -0.15) is 13.2 Å². The number of alkyl halides is 3. The zero-order valence-corrected chi connectivity index (χ0v) is 15.2. The van der Waals surface area contributed by atoms with Crippen molar-refractivity contribution in [2.45, 2.75) is 44.8 Å². The Morgan fingerprint density at radius 3 is 2.23 bits per heavy atom. The average Bonchev–Trinajstić information content (AvgIpc) is 3.43. The average molecular weight is 361 g/mol.